The fourth-order valence-corrected chi connectivity index (χ4v) is 3.25. The summed E-state index contributed by atoms with van der Waals surface area (Å²) in [6, 6.07) is 14.5. The van der Waals surface area contributed by atoms with E-state index in [1.807, 2.05) is 18.2 Å². The molecular formula is C20H21N3O2. The molecule has 0 bridgehead atoms. The van der Waals surface area contributed by atoms with E-state index in [4.69, 9.17) is 9.47 Å². The average Bonchev–Trinajstić information content (AvgIpc) is 3.19. The molecule has 5 heteroatoms. The number of methoxy groups -OCH3 is 2. The topological polar surface area (TPSA) is 62.1 Å². The lowest BCUT2D eigenvalue weighted by molar-refractivity contribution is 0.399. The van der Waals surface area contributed by atoms with E-state index in [-0.39, 0.29) is 0 Å². The Bertz CT molecular complexity index is 1000. The van der Waals surface area contributed by atoms with Crippen LogP contribution in [-0.4, -0.2) is 24.4 Å². The molecule has 0 saturated heterocycles. The summed E-state index contributed by atoms with van der Waals surface area (Å²) in [7, 11) is 3.35. The Morgan fingerprint density at radius 3 is 2.64 bits per heavy atom. The molecule has 2 aromatic carbocycles. The van der Waals surface area contributed by atoms with Crippen molar-refractivity contribution >= 4 is 16.6 Å². The summed E-state index contributed by atoms with van der Waals surface area (Å²) < 4.78 is 10.8. The number of hydrogen-bond acceptors (Lipinski definition) is 3. The van der Waals surface area contributed by atoms with Crippen LogP contribution in [0.15, 0.2) is 42.5 Å². The lowest BCUT2D eigenvalue weighted by Gasteiger charge is -2.11. The third-order valence-corrected chi connectivity index (χ3v) is 4.57. The van der Waals surface area contributed by atoms with Gasteiger partial charge >= 0.3 is 0 Å². The molecule has 0 atom stereocenters. The Kier molecular flexibility index (Phi) is 3.76. The van der Waals surface area contributed by atoms with E-state index in [1.54, 1.807) is 14.2 Å². The maximum atomic E-state index is 5.45. The number of nitrogens with one attached hydrogen (secondary N) is 3. The second-order valence-corrected chi connectivity index (χ2v) is 6.18. The Balaban J connectivity index is 1.63. The lowest BCUT2D eigenvalue weighted by Crippen LogP contribution is -2.03. The SMILES string of the molecule is COc1ccc(OC)c(CNc2[nH][nH]c3c4cc(C)ccc4cc2-3)c1. The zero-order valence-electron chi connectivity index (χ0n) is 14.6. The van der Waals surface area contributed by atoms with Crippen LogP contribution in [0.2, 0.25) is 0 Å². The van der Waals surface area contributed by atoms with E-state index in [0.717, 1.165) is 34.1 Å². The first-order chi connectivity index (χ1) is 12.2. The lowest BCUT2D eigenvalue weighted by atomic mass is 10.1. The van der Waals surface area contributed by atoms with Crippen molar-refractivity contribution in [2.75, 3.05) is 19.5 Å². The molecule has 1 heterocycles. The van der Waals surface area contributed by atoms with E-state index in [9.17, 15) is 0 Å². The zero-order valence-corrected chi connectivity index (χ0v) is 14.6. The number of hydrogen-bond donors (Lipinski definition) is 3. The first-order valence-corrected chi connectivity index (χ1v) is 8.24. The maximum absolute atomic E-state index is 5.45. The number of anilines is 1. The van der Waals surface area contributed by atoms with Crippen LogP contribution in [0, 0.1) is 6.92 Å². The highest BCUT2D eigenvalue weighted by atomic mass is 16.5. The van der Waals surface area contributed by atoms with Gasteiger partial charge in [0, 0.05) is 23.1 Å². The second kappa shape index (κ2) is 6.09. The minimum absolute atomic E-state index is 0.629. The van der Waals surface area contributed by atoms with Crippen molar-refractivity contribution in [1.29, 1.82) is 0 Å². The fraction of sp³-hybridized carbons (Fsp3) is 0.200. The molecule has 1 aliphatic carbocycles. The van der Waals surface area contributed by atoms with E-state index in [1.165, 1.54) is 16.3 Å². The number of aromatic amines is 2. The number of aryl methyl sites for hydroxylation is 1. The normalized spacial score (nSPS) is 11.2. The number of aromatic nitrogens is 2. The highest BCUT2D eigenvalue weighted by Crippen LogP contribution is 2.38. The molecule has 0 radical (unpaired) electrons. The highest BCUT2D eigenvalue weighted by molar-refractivity contribution is 6.03. The van der Waals surface area contributed by atoms with Gasteiger partial charge < -0.3 is 14.8 Å². The molecule has 2 aliphatic rings. The fourth-order valence-electron chi connectivity index (χ4n) is 3.25. The van der Waals surface area contributed by atoms with Crippen LogP contribution in [0.3, 0.4) is 0 Å². The number of benzene rings is 2. The molecular weight excluding hydrogens is 314 g/mol. The first-order valence-electron chi connectivity index (χ1n) is 8.24. The first kappa shape index (κ1) is 15.4. The Morgan fingerprint density at radius 1 is 0.960 bits per heavy atom. The number of rotatable bonds is 5. The number of ether oxygens (including phenoxy) is 2. The molecule has 0 saturated carbocycles. The molecule has 0 fully saturated rings. The van der Waals surface area contributed by atoms with Crippen molar-refractivity contribution in [3.05, 3.63) is 53.6 Å². The number of fused-ring (bicyclic) bond motifs is 3. The van der Waals surface area contributed by atoms with Crippen LogP contribution < -0.4 is 14.8 Å². The van der Waals surface area contributed by atoms with E-state index >= 15 is 0 Å². The summed E-state index contributed by atoms with van der Waals surface area (Å²) >= 11 is 0. The standard InChI is InChI=1S/C20H21N3O2/c1-12-4-5-13-10-17-19(16(13)8-12)22-23-20(17)21-11-14-9-15(24-2)6-7-18(14)25-3/h4-10,21-23H,11H2,1-3H3. The molecule has 0 unspecified atom stereocenters. The van der Waals surface area contributed by atoms with Gasteiger partial charge in [-0.15, -0.1) is 0 Å². The van der Waals surface area contributed by atoms with Gasteiger partial charge in [0.2, 0.25) is 0 Å². The third-order valence-electron chi connectivity index (χ3n) is 4.57. The van der Waals surface area contributed by atoms with Crippen molar-refractivity contribution in [1.82, 2.24) is 10.2 Å². The van der Waals surface area contributed by atoms with Crippen molar-refractivity contribution in [3.8, 4) is 22.8 Å². The van der Waals surface area contributed by atoms with E-state index in [2.05, 4.69) is 46.7 Å². The van der Waals surface area contributed by atoms with Crippen LogP contribution in [0.25, 0.3) is 22.0 Å². The van der Waals surface area contributed by atoms with Gasteiger partial charge in [0.05, 0.1) is 19.9 Å². The van der Waals surface area contributed by atoms with Crippen LogP contribution in [0.1, 0.15) is 11.1 Å². The van der Waals surface area contributed by atoms with Crippen LogP contribution in [0.5, 0.6) is 11.5 Å². The van der Waals surface area contributed by atoms with Crippen LogP contribution >= 0.6 is 0 Å². The second-order valence-electron chi connectivity index (χ2n) is 6.18. The summed E-state index contributed by atoms with van der Waals surface area (Å²) in [5.74, 6) is 2.62. The van der Waals surface area contributed by atoms with E-state index < -0.39 is 0 Å². The predicted molar refractivity (Wildman–Crippen MR) is 101 cm³/mol. The molecule has 2 aromatic rings. The van der Waals surface area contributed by atoms with Gasteiger partial charge in [-0.1, -0.05) is 17.7 Å². The Hall–Kier alpha value is -3.08. The molecule has 0 aromatic heterocycles. The van der Waals surface area contributed by atoms with Crippen molar-refractivity contribution < 1.29 is 9.47 Å². The molecule has 128 valence electrons. The quantitative estimate of drug-likeness (QED) is 0.502. The van der Waals surface area contributed by atoms with Gasteiger partial charge in [-0.05, 0) is 42.6 Å². The summed E-state index contributed by atoms with van der Waals surface area (Å²) in [6.45, 7) is 2.74. The van der Waals surface area contributed by atoms with Gasteiger partial charge in [0.1, 0.15) is 17.3 Å². The summed E-state index contributed by atoms with van der Waals surface area (Å²) in [5.41, 5.74) is 4.57. The number of H-pyrrole nitrogens is 2. The zero-order chi connectivity index (χ0) is 17.4. The van der Waals surface area contributed by atoms with Gasteiger partial charge in [0.15, 0.2) is 0 Å². The van der Waals surface area contributed by atoms with Crippen molar-refractivity contribution in [2.24, 2.45) is 0 Å². The van der Waals surface area contributed by atoms with Gasteiger partial charge in [-0.2, -0.15) is 0 Å². The van der Waals surface area contributed by atoms with Gasteiger partial charge in [-0.25, -0.2) is 0 Å². The van der Waals surface area contributed by atoms with Gasteiger partial charge in [0.25, 0.3) is 0 Å². The maximum Gasteiger partial charge on any atom is 0.127 e. The largest absolute Gasteiger partial charge is 0.497 e. The van der Waals surface area contributed by atoms with E-state index in [0.29, 0.717) is 6.54 Å². The van der Waals surface area contributed by atoms with Crippen molar-refractivity contribution in [2.45, 2.75) is 13.5 Å². The predicted octanol–water partition coefficient (Wildman–Crippen LogP) is 4.54. The monoisotopic (exact) mass is 335 g/mol. The summed E-state index contributed by atoms with van der Waals surface area (Å²) in [4.78, 5) is 0. The van der Waals surface area contributed by atoms with Crippen LogP contribution in [0.4, 0.5) is 5.82 Å². The summed E-state index contributed by atoms with van der Waals surface area (Å²) in [5, 5.41) is 12.5. The highest BCUT2D eigenvalue weighted by Gasteiger charge is 2.17. The molecule has 4 rings (SSSR count). The van der Waals surface area contributed by atoms with Gasteiger partial charge in [-0.3, -0.25) is 10.2 Å². The summed E-state index contributed by atoms with van der Waals surface area (Å²) in [6.07, 6.45) is 0. The molecule has 5 nitrogen and oxygen atoms in total. The minimum atomic E-state index is 0.629. The smallest absolute Gasteiger partial charge is 0.127 e. The Labute approximate surface area is 146 Å². The molecule has 1 aliphatic heterocycles. The molecule has 0 spiro atoms. The van der Waals surface area contributed by atoms with Crippen LogP contribution in [-0.2, 0) is 6.54 Å². The average molecular weight is 335 g/mol. The van der Waals surface area contributed by atoms with Crippen molar-refractivity contribution in [3.63, 3.8) is 0 Å². The molecule has 25 heavy (non-hydrogen) atoms. The minimum Gasteiger partial charge on any atom is -0.497 e. The molecule has 0 amide bonds. The Morgan fingerprint density at radius 2 is 1.84 bits per heavy atom. The third kappa shape index (κ3) is 2.67. The molecule has 3 N–H and O–H groups in total.